The van der Waals surface area contributed by atoms with E-state index in [0.717, 1.165) is 17.6 Å². The number of benzene rings is 1. The van der Waals surface area contributed by atoms with E-state index in [2.05, 4.69) is 20.5 Å². The van der Waals surface area contributed by atoms with Gasteiger partial charge in [0, 0.05) is 38.8 Å². The van der Waals surface area contributed by atoms with Crippen molar-refractivity contribution in [2.45, 2.75) is 13.3 Å². The van der Waals surface area contributed by atoms with Crippen LogP contribution in [-0.4, -0.2) is 73.0 Å². The van der Waals surface area contributed by atoms with Gasteiger partial charge in [-0.15, -0.1) is 0 Å². The molecule has 3 heterocycles. The summed E-state index contributed by atoms with van der Waals surface area (Å²) in [4.78, 5) is 29.3. The largest absolute Gasteiger partial charge is 0.337 e. The number of H-pyrrole nitrogens is 1. The van der Waals surface area contributed by atoms with E-state index in [1.54, 1.807) is 45.8 Å². The maximum Gasteiger partial charge on any atom is 0.272 e. The molecule has 27 heavy (non-hydrogen) atoms. The summed E-state index contributed by atoms with van der Waals surface area (Å²) in [7, 11) is 1.77. The number of nitrogens with one attached hydrogen (secondary N) is 1. The van der Waals surface area contributed by atoms with Gasteiger partial charge in [-0.1, -0.05) is 0 Å². The molecule has 1 aromatic carbocycles. The molecule has 9 heteroatoms. The number of carbonyl (C=O) groups is 2. The number of nitrogens with zero attached hydrogens (tertiary/aromatic N) is 6. The third-order valence-corrected chi connectivity index (χ3v) is 4.85. The van der Waals surface area contributed by atoms with Crippen molar-refractivity contribution in [3.8, 4) is 0 Å². The van der Waals surface area contributed by atoms with Crippen molar-refractivity contribution in [3.05, 3.63) is 41.2 Å². The second-order valence-corrected chi connectivity index (χ2v) is 6.76. The van der Waals surface area contributed by atoms with Crippen LogP contribution in [0.5, 0.6) is 0 Å². The molecule has 1 aliphatic heterocycles. The Morgan fingerprint density at radius 1 is 0.963 bits per heavy atom. The van der Waals surface area contributed by atoms with Gasteiger partial charge in [-0.3, -0.25) is 14.3 Å². The fraction of sp³-hybridized carbons (Fsp3) is 0.389. The zero-order valence-corrected chi connectivity index (χ0v) is 15.3. The summed E-state index contributed by atoms with van der Waals surface area (Å²) in [6, 6.07) is 7.08. The van der Waals surface area contributed by atoms with E-state index < -0.39 is 0 Å². The summed E-state index contributed by atoms with van der Waals surface area (Å²) in [5.41, 5.74) is 3.36. The zero-order valence-electron chi connectivity index (χ0n) is 15.3. The lowest BCUT2D eigenvalue weighted by molar-refractivity contribution is 0.0713. The molecular weight excluding hydrogens is 346 g/mol. The van der Waals surface area contributed by atoms with Crippen molar-refractivity contribution in [1.82, 2.24) is 35.0 Å². The highest BCUT2D eigenvalue weighted by Gasteiger charge is 2.25. The van der Waals surface area contributed by atoms with Gasteiger partial charge in [0.15, 0.2) is 0 Å². The molecule has 9 nitrogen and oxygen atoms in total. The molecule has 0 atom stereocenters. The minimum absolute atomic E-state index is 0.0450. The van der Waals surface area contributed by atoms with Crippen molar-refractivity contribution in [2.24, 2.45) is 7.05 Å². The van der Waals surface area contributed by atoms with Gasteiger partial charge in [0.25, 0.3) is 11.8 Å². The summed E-state index contributed by atoms with van der Waals surface area (Å²) in [6.07, 6.45) is 0.737. The molecule has 2 aromatic heterocycles. The first-order valence-electron chi connectivity index (χ1n) is 8.92. The number of fused-ring (bicyclic) bond motifs is 1. The monoisotopic (exact) mass is 367 g/mol. The van der Waals surface area contributed by atoms with Crippen LogP contribution in [0.3, 0.4) is 0 Å². The first-order chi connectivity index (χ1) is 13.0. The molecule has 1 aliphatic rings. The average molecular weight is 367 g/mol. The van der Waals surface area contributed by atoms with Gasteiger partial charge < -0.3 is 9.80 Å². The van der Waals surface area contributed by atoms with Crippen LogP contribution in [0.2, 0.25) is 0 Å². The number of aromatic amines is 1. The van der Waals surface area contributed by atoms with E-state index in [1.807, 2.05) is 6.92 Å². The Bertz CT molecular complexity index is 1010. The first-order valence-corrected chi connectivity index (χ1v) is 8.92. The van der Waals surface area contributed by atoms with Crippen molar-refractivity contribution in [1.29, 1.82) is 0 Å². The van der Waals surface area contributed by atoms with E-state index in [-0.39, 0.29) is 11.8 Å². The molecule has 2 amide bonds. The van der Waals surface area contributed by atoms with Gasteiger partial charge in [0.1, 0.15) is 16.7 Å². The smallest absolute Gasteiger partial charge is 0.272 e. The predicted molar refractivity (Wildman–Crippen MR) is 98.3 cm³/mol. The van der Waals surface area contributed by atoms with Crippen LogP contribution in [0.25, 0.3) is 11.0 Å². The molecule has 0 bridgehead atoms. The molecule has 0 radical (unpaired) electrons. The Morgan fingerprint density at radius 3 is 2.37 bits per heavy atom. The fourth-order valence-electron chi connectivity index (χ4n) is 3.45. The highest BCUT2D eigenvalue weighted by molar-refractivity contribution is 5.97. The second kappa shape index (κ2) is 6.82. The zero-order chi connectivity index (χ0) is 19.0. The van der Waals surface area contributed by atoms with Crippen LogP contribution in [0, 0.1) is 6.92 Å². The van der Waals surface area contributed by atoms with Crippen LogP contribution in [0.15, 0.2) is 24.3 Å². The molecule has 4 rings (SSSR count). The second-order valence-electron chi connectivity index (χ2n) is 6.76. The van der Waals surface area contributed by atoms with Crippen LogP contribution in [0.4, 0.5) is 0 Å². The minimum Gasteiger partial charge on any atom is -0.337 e. The lowest BCUT2D eigenvalue weighted by Crippen LogP contribution is -2.38. The van der Waals surface area contributed by atoms with Gasteiger partial charge in [0.2, 0.25) is 0 Å². The first kappa shape index (κ1) is 17.2. The lowest BCUT2D eigenvalue weighted by Gasteiger charge is -2.22. The van der Waals surface area contributed by atoms with Gasteiger partial charge >= 0.3 is 0 Å². The quantitative estimate of drug-likeness (QED) is 0.728. The van der Waals surface area contributed by atoms with Gasteiger partial charge in [-0.25, -0.2) is 0 Å². The topological polar surface area (TPSA) is 100 Å². The van der Waals surface area contributed by atoms with Gasteiger partial charge in [-0.2, -0.15) is 20.5 Å². The van der Waals surface area contributed by atoms with Gasteiger partial charge in [-0.05, 0) is 37.6 Å². The number of amides is 2. The van der Waals surface area contributed by atoms with E-state index in [0.29, 0.717) is 43.0 Å². The Balaban J connectivity index is 1.47. The SMILES string of the molecule is Cc1cc(C(=O)N2CCCN(C(=O)c3ccc4n[nH]nc4c3)CC2)n(C)n1. The molecule has 0 saturated carbocycles. The maximum atomic E-state index is 12.9. The van der Waals surface area contributed by atoms with Gasteiger partial charge in [0.05, 0.1) is 5.69 Å². The molecule has 1 saturated heterocycles. The van der Waals surface area contributed by atoms with E-state index in [1.165, 1.54) is 0 Å². The van der Waals surface area contributed by atoms with Crippen LogP contribution >= 0.6 is 0 Å². The predicted octanol–water partition coefficient (Wildman–Crippen LogP) is 0.988. The molecule has 3 aromatic rings. The molecule has 140 valence electrons. The molecule has 0 aliphatic carbocycles. The van der Waals surface area contributed by atoms with Crippen LogP contribution in [-0.2, 0) is 7.05 Å². The summed E-state index contributed by atoms with van der Waals surface area (Å²) in [5.74, 6) is -0.0954. The molecule has 1 N–H and O–H groups in total. The highest BCUT2D eigenvalue weighted by Crippen LogP contribution is 2.15. The van der Waals surface area contributed by atoms with Crippen molar-refractivity contribution >= 4 is 22.8 Å². The van der Waals surface area contributed by atoms with E-state index >= 15 is 0 Å². The van der Waals surface area contributed by atoms with Crippen LogP contribution in [0.1, 0.15) is 33.0 Å². The fourth-order valence-corrected chi connectivity index (χ4v) is 3.45. The Kier molecular flexibility index (Phi) is 4.35. The van der Waals surface area contributed by atoms with Crippen molar-refractivity contribution in [3.63, 3.8) is 0 Å². The molecule has 0 unspecified atom stereocenters. The molecule has 1 fully saturated rings. The number of aromatic nitrogens is 5. The summed E-state index contributed by atoms with van der Waals surface area (Å²) >= 11 is 0. The lowest BCUT2D eigenvalue weighted by atomic mass is 10.1. The summed E-state index contributed by atoms with van der Waals surface area (Å²) in [6.45, 7) is 4.10. The summed E-state index contributed by atoms with van der Waals surface area (Å²) < 4.78 is 1.61. The molecule has 0 spiro atoms. The Labute approximate surface area is 155 Å². The Morgan fingerprint density at radius 2 is 1.67 bits per heavy atom. The maximum absolute atomic E-state index is 12.9. The van der Waals surface area contributed by atoms with E-state index in [9.17, 15) is 9.59 Å². The van der Waals surface area contributed by atoms with E-state index in [4.69, 9.17) is 0 Å². The number of carbonyl (C=O) groups excluding carboxylic acids is 2. The normalized spacial score (nSPS) is 15.2. The highest BCUT2D eigenvalue weighted by atomic mass is 16.2. The number of hydrogen-bond donors (Lipinski definition) is 1. The Hall–Kier alpha value is -3.23. The third-order valence-electron chi connectivity index (χ3n) is 4.85. The number of hydrogen-bond acceptors (Lipinski definition) is 5. The molecular formula is C18H21N7O2. The minimum atomic E-state index is -0.0504. The van der Waals surface area contributed by atoms with Crippen LogP contribution < -0.4 is 0 Å². The average Bonchev–Trinajstić information content (AvgIpc) is 3.17. The third kappa shape index (κ3) is 3.27. The van der Waals surface area contributed by atoms with Crippen molar-refractivity contribution in [2.75, 3.05) is 26.2 Å². The summed E-state index contributed by atoms with van der Waals surface area (Å²) in [5, 5.41) is 14.8. The number of aryl methyl sites for hydroxylation is 2. The standard InChI is InChI=1S/C18H21N7O2/c1-12-10-16(23(2)21-12)18(27)25-7-3-6-24(8-9-25)17(26)13-4-5-14-15(11-13)20-22-19-14/h4-5,10-11H,3,6-9H2,1-2H3,(H,19,20,22). The van der Waals surface area contributed by atoms with Crippen molar-refractivity contribution < 1.29 is 9.59 Å². The number of rotatable bonds is 2.